The second-order valence-electron chi connectivity index (χ2n) is 6.77. The first-order valence-electron chi connectivity index (χ1n) is 7.35. The van der Waals surface area contributed by atoms with E-state index in [0.29, 0.717) is 5.50 Å². The molecule has 1 unspecified atom stereocenters. The largest absolute Gasteiger partial charge is 0.207 e. The Morgan fingerprint density at radius 2 is 1.36 bits per heavy atom. The van der Waals surface area contributed by atoms with Crippen molar-refractivity contribution in [2.45, 2.75) is 25.3 Å². The van der Waals surface area contributed by atoms with E-state index in [9.17, 15) is 4.39 Å². The van der Waals surface area contributed by atoms with Gasteiger partial charge in [-0.3, -0.25) is 0 Å². The van der Waals surface area contributed by atoms with Crippen LogP contribution in [0.25, 0.3) is 0 Å². The minimum atomic E-state index is -1.83. The van der Waals surface area contributed by atoms with Crippen LogP contribution in [0.3, 0.4) is 0 Å². The summed E-state index contributed by atoms with van der Waals surface area (Å²) in [5.74, 6) is -0.191. The van der Waals surface area contributed by atoms with Crippen LogP contribution < -0.4 is 10.4 Å². The standard InChI is InChI=1S/C17H21Cl2FSi2/c1-21(2,16-8-4-14(19)5-9-16)13-22(3,12-18)17-10-6-15(20)7-11-17/h4-11H,12-13H2,1-3H3. The van der Waals surface area contributed by atoms with Gasteiger partial charge in [0, 0.05) is 10.5 Å². The lowest BCUT2D eigenvalue weighted by molar-refractivity contribution is 0.628. The first-order valence-corrected chi connectivity index (χ1v) is 14.4. The summed E-state index contributed by atoms with van der Waals surface area (Å²) in [4.78, 5) is 0. The summed E-state index contributed by atoms with van der Waals surface area (Å²) in [5, 5.41) is 3.39. The first kappa shape index (κ1) is 17.7. The molecule has 0 amide bonds. The summed E-state index contributed by atoms with van der Waals surface area (Å²) in [6, 6.07) is 15.1. The molecule has 0 spiro atoms. The molecule has 0 saturated carbocycles. The van der Waals surface area contributed by atoms with Crippen LogP contribution in [0.2, 0.25) is 30.3 Å². The van der Waals surface area contributed by atoms with Crippen molar-refractivity contribution >= 4 is 49.7 Å². The van der Waals surface area contributed by atoms with Gasteiger partial charge in [-0.2, -0.15) is 0 Å². The molecule has 2 aromatic carbocycles. The van der Waals surface area contributed by atoms with Crippen LogP contribution in [0, 0.1) is 5.82 Å². The zero-order chi connectivity index (χ0) is 16.4. The quantitative estimate of drug-likeness (QED) is 0.528. The first-order chi connectivity index (χ1) is 10.3. The number of alkyl halides is 1. The Balaban J connectivity index is 2.31. The van der Waals surface area contributed by atoms with Gasteiger partial charge in [0.1, 0.15) is 5.82 Å². The van der Waals surface area contributed by atoms with E-state index < -0.39 is 16.1 Å². The molecule has 0 aromatic heterocycles. The van der Waals surface area contributed by atoms with Gasteiger partial charge in [0.25, 0.3) is 0 Å². The van der Waals surface area contributed by atoms with Crippen LogP contribution in [0.4, 0.5) is 4.39 Å². The van der Waals surface area contributed by atoms with Crippen LogP contribution in [0.1, 0.15) is 0 Å². The normalized spacial score (nSPS) is 14.6. The third kappa shape index (κ3) is 4.02. The van der Waals surface area contributed by atoms with Crippen LogP contribution in [0.15, 0.2) is 48.5 Å². The van der Waals surface area contributed by atoms with Crippen LogP contribution in [0.5, 0.6) is 0 Å². The van der Waals surface area contributed by atoms with Gasteiger partial charge in [0.05, 0.1) is 16.1 Å². The SMILES string of the molecule is C[Si](C)(C[Si](C)(CCl)c1ccc(F)cc1)c1ccc(Cl)cc1. The van der Waals surface area contributed by atoms with E-state index in [-0.39, 0.29) is 5.82 Å². The Hall–Kier alpha value is -0.616. The average molecular weight is 371 g/mol. The average Bonchev–Trinajstić information content (AvgIpc) is 2.47. The molecule has 5 heteroatoms. The highest BCUT2D eigenvalue weighted by molar-refractivity contribution is 7.08. The van der Waals surface area contributed by atoms with Gasteiger partial charge < -0.3 is 0 Å². The maximum Gasteiger partial charge on any atom is 0.123 e. The highest BCUT2D eigenvalue weighted by atomic mass is 35.5. The minimum Gasteiger partial charge on any atom is -0.207 e. The molecule has 2 rings (SSSR count). The van der Waals surface area contributed by atoms with Crippen molar-refractivity contribution in [1.29, 1.82) is 0 Å². The zero-order valence-electron chi connectivity index (χ0n) is 13.2. The molecule has 1 atom stereocenters. The van der Waals surface area contributed by atoms with Crippen molar-refractivity contribution in [2.24, 2.45) is 0 Å². The Bertz CT molecular complexity index is 626. The number of rotatable bonds is 5. The second-order valence-corrected chi connectivity index (χ2v) is 17.7. The number of hydrogen-bond acceptors (Lipinski definition) is 0. The van der Waals surface area contributed by atoms with Gasteiger partial charge in [0.15, 0.2) is 0 Å². The Morgan fingerprint density at radius 1 is 0.864 bits per heavy atom. The van der Waals surface area contributed by atoms with Gasteiger partial charge in [-0.1, -0.05) is 71.5 Å². The molecule has 0 nitrogen and oxygen atoms in total. The minimum absolute atomic E-state index is 0.191. The van der Waals surface area contributed by atoms with E-state index in [1.54, 1.807) is 12.1 Å². The van der Waals surface area contributed by atoms with Gasteiger partial charge >= 0.3 is 0 Å². The van der Waals surface area contributed by atoms with E-state index in [1.807, 2.05) is 24.3 Å². The van der Waals surface area contributed by atoms with Crippen LogP contribution in [-0.4, -0.2) is 21.7 Å². The molecular weight excluding hydrogens is 350 g/mol. The van der Waals surface area contributed by atoms with Gasteiger partial charge in [-0.25, -0.2) is 4.39 Å². The fraction of sp³-hybridized carbons (Fsp3) is 0.294. The fourth-order valence-corrected chi connectivity index (χ4v) is 16.5. The number of benzene rings is 2. The third-order valence-electron chi connectivity index (χ3n) is 4.29. The molecule has 0 aliphatic rings. The Labute approximate surface area is 144 Å². The maximum atomic E-state index is 13.2. The molecule has 0 bridgehead atoms. The molecule has 2 aromatic rings. The van der Waals surface area contributed by atoms with E-state index in [4.69, 9.17) is 23.2 Å². The molecule has 0 aliphatic carbocycles. The lowest BCUT2D eigenvalue weighted by Crippen LogP contribution is -2.57. The molecule has 0 aliphatic heterocycles. The lowest BCUT2D eigenvalue weighted by Gasteiger charge is -2.34. The van der Waals surface area contributed by atoms with E-state index in [1.165, 1.54) is 10.4 Å². The maximum absolute atomic E-state index is 13.2. The predicted molar refractivity (Wildman–Crippen MR) is 102 cm³/mol. The van der Waals surface area contributed by atoms with Crippen molar-refractivity contribution in [1.82, 2.24) is 0 Å². The topological polar surface area (TPSA) is 0 Å². The monoisotopic (exact) mass is 370 g/mol. The van der Waals surface area contributed by atoms with Crippen molar-refractivity contribution < 1.29 is 4.39 Å². The summed E-state index contributed by atoms with van der Waals surface area (Å²) in [5.41, 5.74) is 1.79. The fourth-order valence-electron chi connectivity index (χ4n) is 3.06. The third-order valence-corrected chi connectivity index (χ3v) is 17.2. The molecule has 0 saturated heterocycles. The van der Waals surface area contributed by atoms with E-state index >= 15 is 0 Å². The number of hydrogen-bond donors (Lipinski definition) is 0. The smallest absolute Gasteiger partial charge is 0.123 e. The Kier molecular flexibility index (Phi) is 5.54. The van der Waals surface area contributed by atoms with Crippen molar-refractivity contribution in [2.75, 3.05) is 5.50 Å². The highest BCUT2D eigenvalue weighted by Crippen LogP contribution is 2.22. The summed E-state index contributed by atoms with van der Waals surface area (Å²) in [7, 11) is -3.46. The summed E-state index contributed by atoms with van der Waals surface area (Å²) in [6.45, 7) is 7.05. The summed E-state index contributed by atoms with van der Waals surface area (Å²) in [6.07, 6.45) is 0. The molecule has 0 fully saturated rings. The summed E-state index contributed by atoms with van der Waals surface area (Å²) >= 11 is 12.4. The Morgan fingerprint density at radius 3 is 1.86 bits per heavy atom. The van der Waals surface area contributed by atoms with Gasteiger partial charge in [-0.05, 0) is 24.3 Å². The van der Waals surface area contributed by atoms with Crippen molar-refractivity contribution in [3.05, 3.63) is 59.4 Å². The van der Waals surface area contributed by atoms with Crippen molar-refractivity contribution in [3.63, 3.8) is 0 Å². The molecule has 0 N–H and O–H groups in total. The van der Waals surface area contributed by atoms with E-state index in [2.05, 4.69) is 31.8 Å². The van der Waals surface area contributed by atoms with Crippen LogP contribution >= 0.6 is 23.2 Å². The predicted octanol–water partition coefficient (Wildman–Crippen LogP) is 4.70. The lowest BCUT2D eigenvalue weighted by atomic mass is 10.3. The van der Waals surface area contributed by atoms with Crippen LogP contribution in [-0.2, 0) is 0 Å². The molecular formula is C17H21Cl2FSi2. The second kappa shape index (κ2) is 6.87. The van der Waals surface area contributed by atoms with E-state index in [0.717, 1.165) is 10.7 Å². The number of halogens is 3. The van der Waals surface area contributed by atoms with Crippen molar-refractivity contribution in [3.8, 4) is 0 Å². The molecule has 0 radical (unpaired) electrons. The van der Waals surface area contributed by atoms with Gasteiger partial charge in [0.2, 0.25) is 0 Å². The molecule has 118 valence electrons. The highest BCUT2D eigenvalue weighted by Gasteiger charge is 2.37. The summed E-state index contributed by atoms with van der Waals surface area (Å²) < 4.78 is 13.2. The van der Waals surface area contributed by atoms with Gasteiger partial charge in [-0.15, -0.1) is 11.6 Å². The zero-order valence-corrected chi connectivity index (χ0v) is 16.7. The molecule has 0 heterocycles. The molecule has 22 heavy (non-hydrogen) atoms.